The van der Waals surface area contributed by atoms with Crippen LogP contribution in [0.15, 0.2) is 24.3 Å². The third kappa shape index (κ3) is 5.06. The van der Waals surface area contributed by atoms with E-state index in [0.717, 1.165) is 18.4 Å². The minimum Gasteiger partial charge on any atom is -0.390 e. The number of carbonyl (C=O) groups excluding carboxylic acids is 2. The van der Waals surface area contributed by atoms with Crippen molar-refractivity contribution >= 4 is 11.8 Å². The second-order valence-electron chi connectivity index (χ2n) is 7.14. The van der Waals surface area contributed by atoms with Gasteiger partial charge in [0, 0.05) is 25.2 Å². The zero-order valence-corrected chi connectivity index (χ0v) is 14.8. The minimum atomic E-state index is -0.682. The topological polar surface area (TPSA) is 69.6 Å². The summed E-state index contributed by atoms with van der Waals surface area (Å²) in [4.78, 5) is 26.2. The van der Waals surface area contributed by atoms with Gasteiger partial charge in [0.05, 0.1) is 11.5 Å². The molecule has 5 heteroatoms. The number of nitrogens with zero attached hydrogens (tertiary/aromatic N) is 1. The molecule has 1 fully saturated rings. The zero-order chi connectivity index (χ0) is 17.7. The number of amides is 2. The van der Waals surface area contributed by atoms with Crippen LogP contribution in [0.1, 0.15) is 49.5 Å². The van der Waals surface area contributed by atoms with Crippen LogP contribution >= 0.6 is 0 Å². The Balaban J connectivity index is 1.92. The fourth-order valence-electron chi connectivity index (χ4n) is 2.92. The van der Waals surface area contributed by atoms with Crippen LogP contribution in [-0.2, 0) is 11.2 Å². The van der Waals surface area contributed by atoms with Gasteiger partial charge in [0.25, 0.3) is 5.91 Å². The number of rotatable bonds is 6. The van der Waals surface area contributed by atoms with Crippen LogP contribution in [0.5, 0.6) is 0 Å². The summed E-state index contributed by atoms with van der Waals surface area (Å²) in [6.45, 7) is 7.23. The largest absolute Gasteiger partial charge is 0.390 e. The molecule has 24 heavy (non-hydrogen) atoms. The molecule has 132 valence electrons. The lowest BCUT2D eigenvalue weighted by atomic mass is 9.98. The number of hydrogen-bond donors (Lipinski definition) is 2. The lowest BCUT2D eigenvalue weighted by Gasteiger charge is -2.18. The van der Waals surface area contributed by atoms with Crippen molar-refractivity contribution in [3.8, 4) is 0 Å². The smallest absolute Gasteiger partial charge is 0.253 e. The predicted molar refractivity (Wildman–Crippen MR) is 93.8 cm³/mol. The van der Waals surface area contributed by atoms with Crippen molar-refractivity contribution in [2.75, 3.05) is 19.6 Å². The Bertz CT molecular complexity index is 575. The fraction of sp³-hybridized carbons (Fsp3) is 0.579. The maximum atomic E-state index is 12.6. The molecule has 1 saturated heterocycles. The van der Waals surface area contributed by atoms with Crippen molar-refractivity contribution < 1.29 is 14.7 Å². The lowest BCUT2D eigenvalue weighted by Crippen LogP contribution is -2.34. The average molecular weight is 332 g/mol. The van der Waals surface area contributed by atoms with Crippen LogP contribution in [-0.4, -0.2) is 47.1 Å². The van der Waals surface area contributed by atoms with Gasteiger partial charge in [-0.05, 0) is 57.7 Å². The number of aliphatic hydroxyl groups is 1. The van der Waals surface area contributed by atoms with E-state index in [9.17, 15) is 14.7 Å². The molecule has 0 spiro atoms. The Morgan fingerprint density at radius 1 is 1.29 bits per heavy atom. The SMILES string of the molecule is CCNC(=O)C1CCN(C(=O)c2ccc(CCC(C)(C)O)cc2)C1. The molecule has 5 nitrogen and oxygen atoms in total. The highest BCUT2D eigenvalue weighted by Crippen LogP contribution is 2.20. The maximum absolute atomic E-state index is 12.6. The van der Waals surface area contributed by atoms with Crippen LogP contribution in [0.3, 0.4) is 0 Å². The number of hydrogen-bond acceptors (Lipinski definition) is 3. The van der Waals surface area contributed by atoms with Gasteiger partial charge in [-0.15, -0.1) is 0 Å². The number of nitrogens with one attached hydrogen (secondary N) is 1. The molecule has 0 radical (unpaired) electrons. The van der Waals surface area contributed by atoms with Crippen LogP contribution < -0.4 is 5.32 Å². The molecule has 1 aliphatic rings. The highest BCUT2D eigenvalue weighted by molar-refractivity contribution is 5.95. The van der Waals surface area contributed by atoms with E-state index in [-0.39, 0.29) is 17.7 Å². The second-order valence-corrected chi connectivity index (χ2v) is 7.14. The molecule has 1 unspecified atom stereocenters. The third-order valence-electron chi connectivity index (χ3n) is 4.42. The molecule has 0 aromatic heterocycles. The van der Waals surface area contributed by atoms with Gasteiger partial charge in [0.1, 0.15) is 0 Å². The Kier molecular flexibility index (Phi) is 5.99. The number of carbonyl (C=O) groups is 2. The zero-order valence-electron chi connectivity index (χ0n) is 14.8. The second kappa shape index (κ2) is 7.79. The molecule has 0 bridgehead atoms. The highest BCUT2D eigenvalue weighted by Gasteiger charge is 2.31. The van der Waals surface area contributed by atoms with Crippen molar-refractivity contribution in [2.45, 2.75) is 45.6 Å². The van der Waals surface area contributed by atoms with Crippen LogP contribution in [0, 0.1) is 5.92 Å². The number of aryl methyl sites for hydroxylation is 1. The average Bonchev–Trinajstić information content (AvgIpc) is 3.02. The van der Waals surface area contributed by atoms with Gasteiger partial charge in [0.15, 0.2) is 0 Å². The monoisotopic (exact) mass is 332 g/mol. The molecular formula is C19H28N2O3. The van der Waals surface area contributed by atoms with E-state index in [2.05, 4.69) is 5.32 Å². The van der Waals surface area contributed by atoms with Crippen LogP contribution in [0.2, 0.25) is 0 Å². The molecule has 1 aromatic carbocycles. The fourth-order valence-corrected chi connectivity index (χ4v) is 2.92. The first-order chi connectivity index (χ1) is 11.3. The molecule has 1 aliphatic heterocycles. The van der Waals surface area contributed by atoms with Gasteiger partial charge in [-0.25, -0.2) is 0 Å². The van der Waals surface area contributed by atoms with E-state index < -0.39 is 5.60 Å². The summed E-state index contributed by atoms with van der Waals surface area (Å²) >= 11 is 0. The Hall–Kier alpha value is -1.88. The Morgan fingerprint density at radius 2 is 1.96 bits per heavy atom. The normalized spacial score (nSPS) is 17.8. The Morgan fingerprint density at radius 3 is 2.54 bits per heavy atom. The van der Waals surface area contributed by atoms with Crippen LogP contribution in [0.25, 0.3) is 0 Å². The molecule has 0 saturated carbocycles. The van der Waals surface area contributed by atoms with E-state index in [4.69, 9.17) is 0 Å². The molecule has 1 aromatic rings. The van der Waals surface area contributed by atoms with Gasteiger partial charge >= 0.3 is 0 Å². The third-order valence-corrected chi connectivity index (χ3v) is 4.42. The first-order valence-electron chi connectivity index (χ1n) is 8.68. The molecule has 2 rings (SSSR count). The van der Waals surface area contributed by atoms with Gasteiger partial charge in [-0.2, -0.15) is 0 Å². The van der Waals surface area contributed by atoms with E-state index in [1.807, 2.05) is 31.2 Å². The lowest BCUT2D eigenvalue weighted by molar-refractivity contribution is -0.124. The first kappa shape index (κ1) is 18.5. The van der Waals surface area contributed by atoms with Gasteiger partial charge in [-0.3, -0.25) is 9.59 Å². The summed E-state index contributed by atoms with van der Waals surface area (Å²) in [5.41, 5.74) is 1.08. The minimum absolute atomic E-state index is 0.0177. The summed E-state index contributed by atoms with van der Waals surface area (Å²) in [5.74, 6) is -0.0782. The molecule has 2 amide bonds. The predicted octanol–water partition coefficient (Wildman–Crippen LogP) is 1.99. The standard InChI is InChI=1S/C19H28N2O3/c1-4-20-17(22)16-10-12-21(13-16)18(23)15-7-5-14(6-8-15)9-11-19(2,3)24/h5-8,16,24H,4,9-13H2,1-3H3,(H,20,22). The molecular weight excluding hydrogens is 304 g/mol. The summed E-state index contributed by atoms with van der Waals surface area (Å²) in [6.07, 6.45) is 2.18. The summed E-state index contributed by atoms with van der Waals surface area (Å²) in [5, 5.41) is 12.6. The molecule has 0 aliphatic carbocycles. The summed E-state index contributed by atoms with van der Waals surface area (Å²) < 4.78 is 0. The molecule has 1 heterocycles. The van der Waals surface area contributed by atoms with Gasteiger partial charge in [0.2, 0.25) is 5.91 Å². The summed E-state index contributed by atoms with van der Waals surface area (Å²) in [6, 6.07) is 7.55. The van der Waals surface area contributed by atoms with Gasteiger partial charge in [-0.1, -0.05) is 12.1 Å². The first-order valence-corrected chi connectivity index (χ1v) is 8.68. The Labute approximate surface area is 144 Å². The van der Waals surface area contributed by atoms with E-state index in [1.54, 1.807) is 18.7 Å². The maximum Gasteiger partial charge on any atom is 0.253 e. The van der Waals surface area contributed by atoms with Gasteiger partial charge < -0.3 is 15.3 Å². The highest BCUT2D eigenvalue weighted by atomic mass is 16.3. The van der Waals surface area contributed by atoms with Crippen molar-refractivity contribution in [3.63, 3.8) is 0 Å². The molecule has 1 atom stereocenters. The molecule has 2 N–H and O–H groups in total. The van der Waals surface area contributed by atoms with E-state index in [0.29, 0.717) is 31.6 Å². The van der Waals surface area contributed by atoms with Crippen LogP contribution in [0.4, 0.5) is 0 Å². The van der Waals surface area contributed by atoms with Crippen molar-refractivity contribution in [3.05, 3.63) is 35.4 Å². The quantitative estimate of drug-likeness (QED) is 0.837. The van der Waals surface area contributed by atoms with Crippen molar-refractivity contribution in [2.24, 2.45) is 5.92 Å². The van der Waals surface area contributed by atoms with E-state index >= 15 is 0 Å². The summed E-state index contributed by atoms with van der Waals surface area (Å²) in [7, 11) is 0. The number of benzene rings is 1. The van der Waals surface area contributed by atoms with Crippen molar-refractivity contribution in [1.29, 1.82) is 0 Å². The number of likely N-dealkylation sites (tertiary alicyclic amines) is 1. The van der Waals surface area contributed by atoms with E-state index in [1.165, 1.54) is 0 Å². The van der Waals surface area contributed by atoms with Crippen molar-refractivity contribution in [1.82, 2.24) is 10.2 Å².